The van der Waals surface area contributed by atoms with Gasteiger partial charge in [-0.2, -0.15) is 0 Å². The third-order valence-corrected chi connectivity index (χ3v) is 1.47. The molecule has 0 heterocycles. The molecule has 0 aliphatic heterocycles. The Kier molecular flexibility index (Phi) is 3.26. The first-order chi connectivity index (χ1) is 6.24. The summed E-state index contributed by atoms with van der Waals surface area (Å²) in [5.41, 5.74) is 0.854. The van der Waals surface area contributed by atoms with Crippen LogP contribution in [0.5, 0.6) is 5.75 Å². The predicted molar refractivity (Wildman–Crippen MR) is 52.1 cm³/mol. The Morgan fingerprint density at radius 2 is 2.15 bits per heavy atom. The van der Waals surface area contributed by atoms with Crippen molar-refractivity contribution in [3.8, 4) is 5.75 Å². The number of allylic oxidation sites excluding steroid dienone is 1. The molecular formula is C11H11O2. The summed E-state index contributed by atoms with van der Waals surface area (Å²) in [5, 5.41) is 0. The van der Waals surface area contributed by atoms with Gasteiger partial charge < -0.3 is 4.74 Å². The van der Waals surface area contributed by atoms with Gasteiger partial charge in [-0.15, -0.1) is 0 Å². The van der Waals surface area contributed by atoms with Crippen LogP contribution in [0.15, 0.2) is 30.3 Å². The van der Waals surface area contributed by atoms with E-state index in [9.17, 15) is 4.79 Å². The van der Waals surface area contributed by atoms with Crippen molar-refractivity contribution in [2.75, 3.05) is 0 Å². The lowest BCUT2D eigenvalue weighted by molar-refractivity contribution is -0.131. The Labute approximate surface area is 77.8 Å². The zero-order valence-corrected chi connectivity index (χ0v) is 7.49. The lowest BCUT2D eigenvalue weighted by atomic mass is 10.2. The third-order valence-electron chi connectivity index (χ3n) is 1.47. The van der Waals surface area contributed by atoms with Gasteiger partial charge in [0.2, 0.25) is 0 Å². The number of ether oxygens (including phenoxy) is 1. The minimum Gasteiger partial charge on any atom is -0.426 e. The number of rotatable bonds is 2. The number of para-hydroxylation sites is 1. The lowest BCUT2D eigenvalue weighted by Crippen LogP contribution is -2.02. The van der Waals surface area contributed by atoms with E-state index in [1.807, 2.05) is 18.2 Å². The molecule has 1 aromatic rings. The van der Waals surface area contributed by atoms with Gasteiger partial charge in [-0.1, -0.05) is 30.4 Å². The Hall–Kier alpha value is -1.57. The van der Waals surface area contributed by atoms with Crippen molar-refractivity contribution in [1.29, 1.82) is 0 Å². The molecule has 2 nitrogen and oxygen atoms in total. The predicted octanol–water partition coefficient (Wildman–Crippen LogP) is 2.46. The molecule has 0 unspecified atom stereocenters. The standard InChI is InChI=1S/C11H11O2/c1-3-6-10-7-4-5-8-11(10)13-9(2)12/h3-8H,1H2,2H3. The fourth-order valence-electron chi connectivity index (χ4n) is 0.993. The third kappa shape index (κ3) is 2.75. The largest absolute Gasteiger partial charge is 0.426 e. The zero-order valence-electron chi connectivity index (χ0n) is 7.49. The summed E-state index contributed by atoms with van der Waals surface area (Å²) < 4.78 is 4.98. The second-order valence-corrected chi connectivity index (χ2v) is 2.53. The maximum absolute atomic E-state index is 10.7. The Morgan fingerprint density at radius 3 is 2.77 bits per heavy atom. The zero-order chi connectivity index (χ0) is 9.68. The molecular weight excluding hydrogens is 164 g/mol. The summed E-state index contributed by atoms with van der Waals surface area (Å²) in [6, 6.07) is 7.30. The molecule has 0 fully saturated rings. The Morgan fingerprint density at radius 1 is 1.46 bits per heavy atom. The van der Waals surface area contributed by atoms with E-state index in [4.69, 9.17) is 4.74 Å². The van der Waals surface area contributed by atoms with Crippen molar-refractivity contribution in [1.82, 2.24) is 0 Å². The molecule has 0 spiro atoms. The van der Waals surface area contributed by atoms with Crippen molar-refractivity contribution in [2.45, 2.75) is 6.92 Å². The molecule has 0 saturated heterocycles. The maximum Gasteiger partial charge on any atom is 0.308 e. The number of carbonyl (C=O) groups excluding carboxylic acids is 1. The van der Waals surface area contributed by atoms with Crippen LogP contribution in [0.25, 0.3) is 6.08 Å². The monoisotopic (exact) mass is 175 g/mol. The quantitative estimate of drug-likeness (QED) is 0.509. The van der Waals surface area contributed by atoms with E-state index in [0.29, 0.717) is 5.75 Å². The first-order valence-corrected chi connectivity index (χ1v) is 3.97. The topological polar surface area (TPSA) is 26.3 Å². The summed E-state index contributed by atoms with van der Waals surface area (Å²) in [7, 11) is 0. The van der Waals surface area contributed by atoms with Crippen LogP contribution in [0.3, 0.4) is 0 Å². The fourth-order valence-corrected chi connectivity index (χ4v) is 0.993. The molecule has 0 atom stereocenters. The molecule has 2 heteroatoms. The molecule has 13 heavy (non-hydrogen) atoms. The van der Waals surface area contributed by atoms with Crippen LogP contribution in [0.2, 0.25) is 0 Å². The average molecular weight is 175 g/mol. The highest BCUT2D eigenvalue weighted by Gasteiger charge is 2.01. The molecule has 0 N–H and O–H groups in total. The van der Waals surface area contributed by atoms with Gasteiger partial charge in [0.15, 0.2) is 0 Å². The number of benzene rings is 1. The first kappa shape index (κ1) is 9.52. The van der Waals surface area contributed by atoms with Crippen molar-refractivity contribution < 1.29 is 9.53 Å². The Bertz CT molecular complexity index is 327. The van der Waals surface area contributed by atoms with Gasteiger partial charge in [-0.05, 0) is 13.0 Å². The van der Waals surface area contributed by atoms with Crippen LogP contribution in [-0.4, -0.2) is 5.97 Å². The molecule has 67 valence electrons. The average Bonchev–Trinajstić information content (AvgIpc) is 2.08. The molecule has 1 radical (unpaired) electrons. The van der Waals surface area contributed by atoms with Crippen LogP contribution < -0.4 is 4.74 Å². The van der Waals surface area contributed by atoms with Crippen LogP contribution in [0.4, 0.5) is 0 Å². The highest BCUT2D eigenvalue weighted by atomic mass is 16.5. The maximum atomic E-state index is 10.7. The van der Waals surface area contributed by atoms with E-state index in [1.165, 1.54) is 6.92 Å². The number of esters is 1. The minimum absolute atomic E-state index is 0.315. The molecule has 1 aromatic carbocycles. The van der Waals surface area contributed by atoms with Crippen LogP contribution in [-0.2, 0) is 4.79 Å². The van der Waals surface area contributed by atoms with Gasteiger partial charge in [-0.25, -0.2) is 0 Å². The van der Waals surface area contributed by atoms with E-state index in [2.05, 4.69) is 6.92 Å². The minimum atomic E-state index is -0.315. The first-order valence-electron chi connectivity index (χ1n) is 3.97. The highest BCUT2D eigenvalue weighted by molar-refractivity contribution is 5.71. The van der Waals surface area contributed by atoms with Gasteiger partial charge in [0, 0.05) is 12.5 Å². The van der Waals surface area contributed by atoms with Crippen molar-refractivity contribution in [3.05, 3.63) is 42.8 Å². The molecule has 1 rings (SSSR count). The van der Waals surface area contributed by atoms with Gasteiger partial charge >= 0.3 is 5.97 Å². The van der Waals surface area contributed by atoms with Gasteiger partial charge in [0.1, 0.15) is 5.75 Å². The molecule has 0 aliphatic rings. The molecule has 0 saturated carbocycles. The highest BCUT2D eigenvalue weighted by Crippen LogP contribution is 2.19. The van der Waals surface area contributed by atoms with Crippen molar-refractivity contribution >= 4 is 12.0 Å². The lowest BCUT2D eigenvalue weighted by Gasteiger charge is -2.03. The van der Waals surface area contributed by atoms with Crippen LogP contribution >= 0.6 is 0 Å². The summed E-state index contributed by atoms with van der Waals surface area (Å²) in [6.07, 6.45) is 3.45. The van der Waals surface area contributed by atoms with E-state index in [-0.39, 0.29) is 5.97 Å². The van der Waals surface area contributed by atoms with E-state index in [1.54, 1.807) is 18.2 Å². The number of carbonyl (C=O) groups is 1. The smallest absolute Gasteiger partial charge is 0.308 e. The SMILES string of the molecule is [CH2]C=Cc1ccccc1OC(C)=O. The van der Waals surface area contributed by atoms with E-state index in [0.717, 1.165) is 5.56 Å². The van der Waals surface area contributed by atoms with E-state index < -0.39 is 0 Å². The molecule has 0 bridgehead atoms. The summed E-state index contributed by atoms with van der Waals surface area (Å²) in [6.45, 7) is 4.96. The van der Waals surface area contributed by atoms with Crippen LogP contribution in [0.1, 0.15) is 12.5 Å². The number of hydrogen-bond acceptors (Lipinski definition) is 2. The summed E-state index contributed by atoms with van der Waals surface area (Å²) >= 11 is 0. The van der Waals surface area contributed by atoms with Crippen molar-refractivity contribution in [3.63, 3.8) is 0 Å². The summed E-state index contributed by atoms with van der Waals surface area (Å²) in [4.78, 5) is 10.7. The van der Waals surface area contributed by atoms with E-state index >= 15 is 0 Å². The van der Waals surface area contributed by atoms with Gasteiger partial charge in [0.05, 0.1) is 0 Å². The second-order valence-electron chi connectivity index (χ2n) is 2.53. The van der Waals surface area contributed by atoms with Crippen molar-refractivity contribution in [2.24, 2.45) is 0 Å². The normalized spacial score (nSPS) is 10.3. The molecule has 0 aromatic heterocycles. The van der Waals surface area contributed by atoms with Gasteiger partial charge in [-0.3, -0.25) is 4.79 Å². The van der Waals surface area contributed by atoms with Gasteiger partial charge in [0.25, 0.3) is 0 Å². The Balaban J connectivity index is 2.97. The van der Waals surface area contributed by atoms with Crippen LogP contribution in [0, 0.1) is 6.92 Å². The molecule has 0 aliphatic carbocycles. The molecule has 0 amide bonds. The fraction of sp³-hybridized carbons (Fsp3) is 0.0909. The second kappa shape index (κ2) is 4.45. The number of hydrogen-bond donors (Lipinski definition) is 0. The summed E-state index contributed by atoms with van der Waals surface area (Å²) in [5.74, 6) is 0.250.